The molecular formula is C21H19N3O4. The van der Waals surface area contributed by atoms with Gasteiger partial charge < -0.3 is 14.8 Å². The van der Waals surface area contributed by atoms with Crippen LogP contribution in [-0.2, 0) is 4.79 Å². The van der Waals surface area contributed by atoms with Crippen LogP contribution in [0.1, 0.15) is 28.7 Å². The highest BCUT2D eigenvalue weighted by molar-refractivity contribution is 6.04. The number of aryl methyl sites for hydroxylation is 2. The zero-order valence-electron chi connectivity index (χ0n) is 15.7. The minimum Gasteiger partial charge on any atom is -0.427 e. The summed E-state index contributed by atoms with van der Waals surface area (Å²) in [5, 5.41) is 2.79. The average molecular weight is 377 g/mol. The Morgan fingerprint density at radius 2 is 1.43 bits per heavy atom. The fourth-order valence-electron chi connectivity index (χ4n) is 2.49. The molecule has 0 aliphatic heterocycles. The number of nitrogens with zero attached hydrogens (tertiary/aromatic N) is 2. The van der Waals surface area contributed by atoms with E-state index in [9.17, 15) is 9.59 Å². The Labute approximate surface area is 162 Å². The molecule has 0 atom stereocenters. The van der Waals surface area contributed by atoms with Crippen LogP contribution >= 0.6 is 0 Å². The smallest absolute Gasteiger partial charge is 0.322 e. The number of rotatable bonds is 5. The summed E-state index contributed by atoms with van der Waals surface area (Å²) >= 11 is 0. The number of nitrogens with one attached hydrogen (secondary N) is 1. The van der Waals surface area contributed by atoms with Crippen LogP contribution in [0.5, 0.6) is 17.5 Å². The molecule has 3 aromatic rings. The van der Waals surface area contributed by atoms with Crippen molar-refractivity contribution in [3.05, 3.63) is 71.5 Å². The Morgan fingerprint density at radius 3 is 2.00 bits per heavy atom. The highest BCUT2D eigenvalue weighted by Crippen LogP contribution is 2.21. The van der Waals surface area contributed by atoms with E-state index in [1.807, 2.05) is 19.9 Å². The standard InChI is InChI=1S/C21H19N3O4/c1-13-12-14(2)23-21(22-13)28-19-10-6-17(7-11-19)24-20(26)16-4-8-18(9-5-16)27-15(3)25/h4-12H,1-3H3,(H,24,26). The van der Waals surface area contributed by atoms with Gasteiger partial charge in [-0.25, -0.2) is 9.97 Å². The van der Waals surface area contributed by atoms with Crippen LogP contribution in [0.25, 0.3) is 0 Å². The quantitative estimate of drug-likeness (QED) is 0.533. The molecule has 142 valence electrons. The molecule has 0 aliphatic carbocycles. The summed E-state index contributed by atoms with van der Waals surface area (Å²) in [6.45, 7) is 5.07. The molecule has 2 aromatic carbocycles. The molecule has 0 saturated heterocycles. The first-order valence-corrected chi connectivity index (χ1v) is 8.59. The molecule has 1 N–H and O–H groups in total. The lowest BCUT2D eigenvalue weighted by molar-refractivity contribution is -0.131. The van der Waals surface area contributed by atoms with Crippen LogP contribution in [0.4, 0.5) is 5.69 Å². The summed E-state index contributed by atoms with van der Waals surface area (Å²) in [6.07, 6.45) is 0. The van der Waals surface area contributed by atoms with E-state index in [1.54, 1.807) is 48.5 Å². The van der Waals surface area contributed by atoms with Gasteiger partial charge in [0.2, 0.25) is 0 Å². The average Bonchev–Trinajstić information content (AvgIpc) is 2.62. The number of amides is 1. The molecule has 7 heteroatoms. The predicted molar refractivity (Wildman–Crippen MR) is 104 cm³/mol. The minimum absolute atomic E-state index is 0.277. The summed E-state index contributed by atoms with van der Waals surface area (Å²) in [5.74, 6) is 0.263. The lowest BCUT2D eigenvalue weighted by Crippen LogP contribution is -2.11. The van der Waals surface area contributed by atoms with Crippen molar-refractivity contribution in [2.24, 2.45) is 0 Å². The molecule has 0 fully saturated rings. The van der Waals surface area contributed by atoms with E-state index in [0.717, 1.165) is 11.4 Å². The second-order valence-corrected chi connectivity index (χ2v) is 6.13. The molecule has 0 saturated carbocycles. The van der Waals surface area contributed by atoms with E-state index < -0.39 is 5.97 Å². The first-order valence-electron chi connectivity index (χ1n) is 8.59. The van der Waals surface area contributed by atoms with Crippen LogP contribution in [0.3, 0.4) is 0 Å². The van der Waals surface area contributed by atoms with E-state index in [4.69, 9.17) is 9.47 Å². The Balaban J connectivity index is 1.63. The normalized spacial score (nSPS) is 10.2. The third-order valence-corrected chi connectivity index (χ3v) is 3.66. The van der Waals surface area contributed by atoms with Crippen LogP contribution < -0.4 is 14.8 Å². The molecule has 28 heavy (non-hydrogen) atoms. The molecule has 1 amide bonds. The van der Waals surface area contributed by atoms with Crippen molar-refractivity contribution in [2.75, 3.05) is 5.32 Å². The Morgan fingerprint density at radius 1 is 0.857 bits per heavy atom. The van der Waals surface area contributed by atoms with E-state index in [2.05, 4.69) is 15.3 Å². The summed E-state index contributed by atoms with van der Waals surface area (Å²) in [5.41, 5.74) is 2.71. The molecule has 0 unspecified atom stereocenters. The minimum atomic E-state index is -0.411. The summed E-state index contributed by atoms with van der Waals surface area (Å²) in [4.78, 5) is 31.7. The van der Waals surface area contributed by atoms with Gasteiger partial charge in [0, 0.05) is 29.6 Å². The maximum absolute atomic E-state index is 12.3. The van der Waals surface area contributed by atoms with Gasteiger partial charge in [0.05, 0.1) is 0 Å². The molecule has 7 nitrogen and oxygen atoms in total. The highest BCUT2D eigenvalue weighted by atomic mass is 16.5. The van der Waals surface area contributed by atoms with Crippen molar-refractivity contribution in [2.45, 2.75) is 20.8 Å². The molecule has 1 heterocycles. The maximum Gasteiger partial charge on any atom is 0.322 e. The third-order valence-electron chi connectivity index (χ3n) is 3.66. The second kappa shape index (κ2) is 8.30. The second-order valence-electron chi connectivity index (χ2n) is 6.13. The number of carbonyl (C=O) groups excluding carboxylic acids is 2. The molecule has 0 aliphatic rings. The van der Waals surface area contributed by atoms with Crippen LogP contribution in [0, 0.1) is 13.8 Å². The van der Waals surface area contributed by atoms with E-state index >= 15 is 0 Å². The van der Waals surface area contributed by atoms with Crippen LogP contribution in [0.15, 0.2) is 54.6 Å². The Bertz CT molecular complexity index is 979. The Kier molecular flexibility index (Phi) is 5.64. The third kappa shape index (κ3) is 5.14. The molecule has 0 radical (unpaired) electrons. The van der Waals surface area contributed by atoms with Gasteiger partial charge in [-0.05, 0) is 68.4 Å². The van der Waals surface area contributed by atoms with Gasteiger partial charge in [-0.3, -0.25) is 9.59 Å². The molecule has 0 spiro atoms. The number of carbonyl (C=O) groups is 2. The van der Waals surface area contributed by atoms with Crippen molar-refractivity contribution in [1.82, 2.24) is 9.97 Å². The van der Waals surface area contributed by atoms with E-state index in [-0.39, 0.29) is 11.9 Å². The molecule has 0 bridgehead atoms. The van der Waals surface area contributed by atoms with Crippen LogP contribution in [-0.4, -0.2) is 21.8 Å². The summed E-state index contributed by atoms with van der Waals surface area (Å²) in [6, 6.07) is 15.3. The zero-order chi connectivity index (χ0) is 20.1. The molecular weight excluding hydrogens is 358 g/mol. The topological polar surface area (TPSA) is 90.4 Å². The van der Waals surface area contributed by atoms with Crippen molar-refractivity contribution in [1.29, 1.82) is 0 Å². The highest BCUT2D eigenvalue weighted by Gasteiger charge is 2.08. The first kappa shape index (κ1) is 19.0. The maximum atomic E-state index is 12.3. The van der Waals surface area contributed by atoms with Gasteiger partial charge >= 0.3 is 12.0 Å². The number of esters is 1. The van der Waals surface area contributed by atoms with Gasteiger partial charge in [0.1, 0.15) is 11.5 Å². The van der Waals surface area contributed by atoms with Crippen molar-refractivity contribution >= 4 is 17.6 Å². The zero-order valence-corrected chi connectivity index (χ0v) is 15.7. The predicted octanol–water partition coefficient (Wildman–Crippen LogP) is 4.06. The fourth-order valence-corrected chi connectivity index (χ4v) is 2.49. The molecule has 1 aromatic heterocycles. The number of benzene rings is 2. The van der Waals surface area contributed by atoms with Gasteiger partial charge in [-0.2, -0.15) is 0 Å². The van der Waals surface area contributed by atoms with Crippen molar-refractivity contribution < 1.29 is 19.1 Å². The van der Waals surface area contributed by atoms with Crippen molar-refractivity contribution in [3.63, 3.8) is 0 Å². The summed E-state index contributed by atoms with van der Waals surface area (Å²) in [7, 11) is 0. The SMILES string of the molecule is CC(=O)Oc1ccc(C(=O)Nc2ccc(Oc3nc(C)cc(C)n3)cc2)cc1. The lowest BCUT2D eigenvalue weighted by Gasteiger charge is -2.08. The summed E-state index contributed by atoms with van der Waals surface area (Å²) < 4.78 is 10.6. The number of ether oxygens (including phenoxy) is 2. The first-order chi connectivity index (χ1) is 13.4. The monoisotopic (exact) mass is 377 g/mol. The van der Waals surface area contributed by atoms with E-state index in [0.29, 0.717) is 22.7 Å². The number of hydrogen-bond acceptors (Lipinski definition) is 6. The number of hydrogen-bond donors (Lipinski definition) is 1. The van der Waals surface area contributed by atoms with Gasteiger partial charge in [0.15, 0.2) is 0 Å². The van der Waals surface area contributed by atoms with Crippen molar-refractivity contribution in [3.8, 4) is 17.5 Å². The largest absolute Gasteiger partial charge is 0.427 e. The van der Waals surface area contributed by atoms with E-state index in [1.165, 1.54) is 6.92 Å². The number of aromatic nitrogens is 2. The van der Waals surface area contributed by atoms with Crippen LogP contribution in [0.2, 0.25) is 0 Å². The van der Waals surface area contributed by atoms with Gasteiger partial charge in [-0.1, -0.05) is 0 Å². The molecule has 3 rings (SSSR count). The fraction of sp³-hybridized carbons (Fsp3) is 0.143. The lowest BCUT2D eigenvalue weighted by atomic mass is 10.2. The van der Waals surface area contributed by atoms with Gasteiger partial charge in [-0.15, -0.1) is 0 Å². The Hall–Kier alpha value is -3.74. The van der Waals surface area contributed by atoms with Gasteiger partial charge in [0.25, 0.3) is 5.91 Å². The number of anilines is 1.